The molecule has 44 heavy (non-hydrogen) atoms. The predicted molar refractivity (Wildman–Crippen MR) is 166 cm³/mol. The molecule has 2 aliphatic rings. The molecule has 2 aliphatic heterocycles. The zero-order valence-electron chi connectivity index (χ0n) is 26.0. The lowest BCUT2D eigenvalue weighted by molar-refractivity contribution is -0.156. The summed E-state index contributed by atoms with van der Waals surface area (Å²) in [6.45, 7) is 6.04. The lowest BCUT2D eigenvalue weighted by Gasteiger charge is -2.25. The van der Waals surface area contributed by atoms with Gasteiger partial charge in [-0.1, -0.05) is 69.3 Å². The molecule has 1 fully saturated rings. The number of cyclic esters (lactones) is 1. The van der Waals surface area contributed by atoms with E-state index >= 15 is 0 Å². The van der Waals surface area contributed by atoms with Gasteiger partial charge >= 0.3 is 5.97 Å². The van der Waals surface area contributed by atoms with Gasteiger partial charge in [0, 0.05) is 19.4 Å². The quantitative estimate of drug-likeness (QED) is 0.336. The van der Waals surface area contributed by atoms with Crippen molar-refractivity contribution in [3.05, 3.63) is 77.9 Å². The Morgan fingerprint density at radius 3 is 2.39 bits per heavy atom. The molecule has 6 atom stereocenters. The largest absolute Gasteiger partial charge is 0.497 e. The molecule has 2 aromatic carbocycles. The third kappa shape index (κ3) is 9.51. The van der Waals surface area contributed by atoms with Crippen molar-refractivity contribution in [3.8, 4) is 5.75 Å². The van der Waals surface area contributed by atoms with Crippen LogP contribution in [-0.4, -0.2) is 55.5 Å². The normalized spacial score (nSPS) is 26.0. The number of nitrogens with one attached hydrogen (secondary N) is 2. The summed E-state index contributed by atoms with van der Waals surface area (Å²) < 4.78 is 17.0. The van der Waals surface area contributed by atoms with Gasteiger partial charge in [-0.2, -0.15) is 0 Å². The molecule has 0 spiro atoms. The van der Waals surface area contributed by atoms with Gasteiger partial charge in [-0.25, -0.2) is 0 Å². The number of ketones is 1. The molecule has 0 aliphatic carbocycles. The minimum absolute atomic E-state index is 0.000231. The summed E-state index contributed by atoms with van der Waals surface area (Å²) in [6, 6.07) is 16.4. The summed E-state index contributed by atoms with van der Waals surface area (Å²) in [4.78, 5) is 52.5. The minimum Gasteiger partial charge on any atom is -0.497 e. The van der Waals surface area contributed by atoms with E-state index in [0.717, 1.165) is 11.1 Å². The van der Waals surface area contributed by atoms with Crippen LogP contribution in [0.1, 0.15) is 63.7 Å². The van der Waals surface area contributed by atoms with Crippen LogP contribution in [0.25, 0.3) is 0 Å². The van der Waals surface area contributed by atoms with E-state index < -0.39 is 29.9 Å². The highest BCUT2D eigenvalue weighted by Crippen LogP contribution is 2.46. The highest BCUT2D eigenvalue weighted by Gasteiger charge is 2.46. The molecule has 4 rings (SSSR count). The van der Waals surface area contributed by atoms with Crippen LogP contribution in [0.5, 0.6) is 5.75 Å². The Balaban J connectivity index is 1.54. The molecular weight excluding hydrogens is 560 g/mol. The van der Waals surface area contributed by atoms with Crippen LogP contribution in [0.2, 0.25) is 0 Å². The van der Waals surface area contributed by atoms with Crippen LogP contribution in [0.4, 0.5) is 0 Å². The Kier molecular flexibility index (Phi) is 11.7. The second-order valence-electron chi connectivity index (χ2n) is 12.1. The SMILES string of the molecule is COc1ccc(C[C@H]2NC(=O)C=CC[C@@H]([C@H](C)[C@H]3O[C@@H]3c3ccccc3)CC(=O)[C@H](CC(C)C)OC(=O)CCNC2=O)cc1. The highest BCUT2D eigenvalue weighted by atomic mass is 16.6. The number of carbonyl (C=O) groups excluding carboxylic acids is 4. The number of epoxide rings is 1. The van der Waals surface area contributed by atoms with Crippen molar-refractivity contribution < 1.29 is 33.4 Å². The maximum Gasteiger partial charge on any atom is 0.308 e. The fraction of sp³-hybridized carbons (Fsp3) is 0.486. The monoisotopic (exact) mass is 604 g/mol. The number of carbonyl (C=O) groups is 4. The molecular formula is C35H44N2O7. The van der Waals surface area contributed by atoms with Crippen molar-refractivity contribution in [2.24, 2.45) is 17.8 Å². The van der Waals surface area contributed by atoms with Gasteiger partial charge in [0.1, 0.15) is 17.9 Å². The first kappa shape index (κ1) is 32.9. The fourth-order valence-electron chi connectivity index (χ4n) is 5.65. The third-order valence-electron chi connectivity index (χ3n) is 8.27. The minimum atomic E-state index is -0.874. The van der Waals surface area contributed by atoms with Crippen LogP contribution in [0, 0.1) is 17.8 Å². The number of allylic oxidation sites excluding steroid dienone is 1. The van der Waals surface area contributed by atoms with E-state index in [9.17, 15) is 19.2 Å². The smallest absolute Gasteiger partial charge is 0.308 e. The number of Topliss-reactive ketones (excluding diaryl/α,β-unsaturated/α-hetero) is 1. The van der Waals surface area contributed by atoms with Gasteiger partial charge in [0.05, 0.1) is 19.6 Å². The standard InChI is InChI=1S/C35H44N2O7/c1-22(2)19-30-29(38)21-26(23(3)33-34(44-33)25-9-6-5-7-10-25)11-8-12-31(39)37-28(35(41)36-18-17-32(40)43-30)20-24-13-15-27(42-4)16-14-24/h5-10,12-16,22-23,26,28,30,33-34H,11,17-21H2,1-4H3,(H,36,41)(H,37,39)/t23-,26+,28+,30-,33+,34+/m0/s1. The average Bonchev–Trinajstić information content (AvgIpc) is 3.81. The first-order valence-electron chi connectivity index (χ1n) is 15.4. The second kappa shape index (κ2) is 15.7. The van der Waals surface area contributed by atoms with E-state index in [2.05, 4.69) is 17.6 Å². The fourth-order valence-corrected chi connectivity index (χ4v) is 5.65. The zero-order chi connectivity index (χ0) is 31.6. The molecule has 9 heteroatoms. The number of esters is 1. The summed E-state index contributed by atoms with van der Waals surface area (Å²) >= 11 is 0. The van der Waals surface area contributed by atoms with Crippen LogP contribution < -0.4 is 15.4 Å². The summed E-state index contributed by atoms with van der Waals surface area (Å²) in [5, 5.41) is 5.54. The third-order valence-corrected chi connectivity index (χ3v) is 8.27. The maximum atomic E-state index is 13.6. The van der Waals surface area contributed by atoms with Gasteiger partial charge in [-0.3, -0.25) is 19.2 Å². The number of ether oxygens (including phenoxy) is 3. The zero-order valence-corrected chi connectivity index (χ0v) is 26.0. The number of benzene rings is 2. The summed E-state index contributed by atoms with van der Waals surface area (Å²) in [5.41, 5.74) is 1.93. The predicted octanol–water partition coefficient (Wildman–Crippen LogP) is 4.50. The molecule has 9 nitrogen and oxygen atoms in total. The second-order valence-corrected chi connectivity index (χ2v) is 12.1. The molecule has 0 saturated carbocycles. The van der Waals surface area contributed by atoms with Gasteiger partial charge in [-0.15, -0.1) is 0 Å². The maximum absolute atomic E-state index is 13.6. The van der Waals surface area contributed by atoms with Crippen molar-refractivity contribution in [2.75, 3.05) is 13.7 Å². The molecule has 0 bridgehead atoms. The van der Waals surface area contributed by atoms with Crippen molar-refractivity contribution in [3.63, 3.8) is 0 Å². The Morgan fingerprint density at radius 1 is 0.977 bits per heavy atom. The molecule has 2 heterocycles. The lowest BCUT2D eigenvalue weighted by atomic mass is 9.81. The van der Waals surface area contributed by atoms with E-state index in [0.29, 0.717) is 18.6 Å². The van der Waals surface area contributed by atoms with Crippen molar-refractivity contribution in [2.45, 2.75) is 77.2 Å². The number of amides is 2. The Hall–Kier alpha value is -3.98. The lowest BCUT2D eigenvalue weighted by Crippen LogP contribution is -2.48. The van der Waals surface area contributed by atoms with Gasteiger partial charge in [0.2, 0.25) is 11.8 Å². The first-order chi connectivity index (χ1) is 21.1. The molecule has 2 amide bonds. The molecule has 1 saturated heterocycles. The van der Waals surface area contributed by atoms with Crippen LogP contribution in [0.15, 0.2) is 66.7 Å². The van der Waals surface area contributed by atoms with E-state index in [1.807, 2.05) is 56.3 Å². The van der Waals surface area contributed by atoms with Gasteiger partial charge in [0.25, 0.3) is 0 Å². The van der Waals surface area contributed by atoms with Crippen LogP contribution >= 0.6 is 0 Å². The molecule has 0 aromatic heterocycles. The van der Waals surface area contributed by atoms with Crippen LogP contribution in [-0.2, 0) is 35.1 Å². The first-order valence-corrected chi connectivity index (χ1v) is 15.4. The Bertz CT molecular complexity index is 1310. The van der Waals surface area contributed by atoms with E-state index in [1.165, 1.54) is 6.08 Å². The number of methoxy groups -OCH3 is 1. The molecule has 0 radical (unpaired) electrons. The van der Waals surface area contributed by atoms with E-state index in [4.69, 9.17) is 14.2 Å². The molecule has 0 unspecified atom stereocenters. The molecule has 236 valence electrons. The van der Waals surface area contributed by atoms with E-state index in [-0.39, 0.29) is 61.6 Å². The summed E-state index contributed by atoms with van der Waals surface area (Å²) in [7, 11) is 1.58. The van der Waals surface area contributed by atoms with Crippen molar-refractivity contribution in [1.82, 2.24) is 10.6 Å². The van der Waals surface area contributed by atoms with Crippen molar-refractivity contribution >= 4 is 23.6 Å². The average molecular weight is 605 g/mol. The van der Waals surface area contributed by atoms with Gasteiger partial charge in [-0.05, 0) is 59.9 Å². The Morgan fingerprint density at radius 2 is 1.70 bits per heavy atom. The summed E-state index contributed by atoms with van der Waals surface area (Å²) in [5.74, 6) is -0.849. The molecule has 2 aromatic rings. The van der Waals surface area contributed by atoms with Crippen molar-refractivity contribution in [1.29, 1.82) is 0 Å². The Labute approximate surface area is 259 Å². The highest BCUT2D eigenvalue weighted by molar-refractivity contribution is 5.93. The number of hydrogen-bond donors (Lipinski definition) is 2. The van der Waals surface area contributed by atoms with E-state index in [1.54, 1.807) is 25.3 Å². The molecule has 2 N–H and O–H groups in total. The summed E-state index contributed by atoms with van der Waals surface area (Å²) in [6.07, 6.45) is 3.40. The number of rotatable bonds is 8. The topological polar surface area (TPSA) is 123 Å². The van der Waals surface area contributed by atoms with Gasteiger partial charge < -0.3 is 24.8 Å². The van der Waals surface area contributed by atoms with Crippen LogP contribution in [0.3, 0.4) is 0 Å². The van der Waals surface area contributed by atoms with Gasteiger partial charge in [0.15, 0.2) is 11.9 Å². The number of hydrogen-bond acceptors (Lipinski definition) is 7.